The lowest BCUT2D eigenvalue weighted by Gasteiger charge is -2.17. The number of hydrogen-bond donors (Lipinski definition) is 1. The molecule has 0 bridgehead atoms. The minimum Gasteiger partial charge on any atom is -0.340 e. The SMILES string of the molecule is Cc1cc(C(=O)N[C@@H](Cc2ccccc2)C(=O)CF)n(-c2ccccc2)n1. The molecule has 3 aromatic rings. The Morgan fingerprint density at radius 1 is 1.07 bits per heavy atom. The molecule has 1 atom stereocenters. The van der Waals surface area contributed by atoms with Gasteiger partial charge < -0.3 is 5.32 Å². The number of hydrogen-bond acceptors (Lipinski definition) is 3. The molecule has 27 heavy (non-hydrogen) atoms. The van der Waals surface area contributed by atoms with Gasteiger partial charge in [0, 0.05) is 0 Å². The van der Waals surface area contributed by atoms with Gasteiger partial charge in [-0.3, -0.25) is 9.59 Å². The lowest BCUT2D eigenvalue weighted by atomic mass is 10.0. The summed E-state index contributed by atoms with van der Waals surface area (Å²) >= 11 is 0. The summed E-state index contributed by atoms with van der Waals surface area (Å²) in [6.45, 7) is 0.652. The van der Waals surface area contributed by atoms with Gasteiger partial charge in [0.2, 0.25) is 0 Å². The Kier molecular flexibility index (Phi) is 5.76. The fourth-order valence-electron chi connectivity index (χ4n) is 2.85. The van der Waals surface area contributed by atoms with Gasteiger partial charge in [-0.05, 0) is 37.1 Å². The van der Waals surface area contributed by atoms with Crippen LogP contribution in [0.4, 0.5) is 4.39 Å². The summed E-state index contributed by atoms with van der Waals surface area (Å²) in [6, 6.07) is 19.1. The highest BCUT2D eigenvalue weighted by Gasteiger charge is 2.24. The Labute approximate surface area is 156 Å². The number of ketones is 1. The van der Waals surface area contributed by atoms with Crippen molar-refractivity contribution in [3.63, 3.8) is 0 Å². The number of amides is 1. The van der Waals surface area contributed by atoms with E-state index >= 15 is 0 Å². The van der Waals surface area contributed by atoms with Gasteiger partial charge in [0.1, 0.15) is 12.4 Å². The highest BCUT2D eigenvalue weighted by Crippen LogP contribution is 2.13. The first-order valence-electron chi connectivity index (χ1n) is 8.64. The number of Topliss-reactive ketones (excluding diaryl/α,β-unsaturated/α-hetero) is 1. The van der Waals surface area contributed by atoms with Gasteiger partial charge in [0.25, 0.3) is 5.91 Å². The van der Waals surface area contributed by atoms with Gasteiger partial charge in [-0.25, -0.2) is 9.07 Å². The van der Waals surface area contributed by atoms with Crippen molar-refractivity contribution in [3.8, 4) is 5.69 Å². The molecule has 0 saturated heterocycles. The molecule has 1 N–H and O–H groups in total. The van der Waals surface area contributed by atoms with Crippen molar-refractivity contribution in [2.75, 3.05) is 6.67 Å². The van der Waals surface area contributed by atoms with E-state index in [1.165, 1.54) is 4.68 Å². The van der Waals surface area contributed by atoms with Gasteiger partial charge in [0.05, 0.1) is 17.4 Å². The maximum Gasteiger partial charge on any atom is 0.270 e. The fraction of sp³-hybridized carbons (Fsp3) is 0.190. The van der Waals surface area contributed by atoms with Crippen molar-refractivity contribution in [2.24, 2.45) is 0 Å². The number of benzene rings is 2. The summed E-state index contributed by atoms with van der Waals surface area (Å²) in [5.41, 5.74) is 2.54. The Balaban J connectivity index is 1.85. The van der Waals surface area contributed by atoms with Crippen molar-refractivity contribution < 1.29 is 14.0 Å². The van der Waals surface area contributed by atoms with Crippen molar-refractivity contribution in [1.29, 1.82) is 0 Å². The molecule has 0 unspecified atom stereocenters. The molecule has 138 valence electrons. The minimum atomic E-state index is -1.13. The number of aryl methyl sites for hydroxylation is 1. The van der Waals surface area contributed by atoms with E-state index in [0.717, 1.165) is 11.3 Å². The van der Waals surface area contributed by atoms with Crippen LogP contribution >= 0.6 is 0 Å². The smallest absolute Gasteiger partial charge is 0.270 e. The molecule has 1 amide bonds. The van der Waals surface area contributed by atoms with Crippen molar-refractivity contribution in [1.82, 2.24) is 15.1 Å². The largest absolute Gasteiger partial charge is 0.340 e. The topological polar surface area (TPSA) is 64.0 Å². The van der Waals surface area contributed by atoms with E-state index < -0.39 is 24.4 Å². The van der Waals surface area contributed by atoms with Gasteiger partial charge in [-0.1, -0.05) is 48.5 Å². The molecule has 0 fully saturated rings. The number of para-hydroxylation sites is 1. The monoisotopic (exact) mass is 365 g/mol. The number of nitrogens with zero attached hydrogens (tertiary/aromatic N) is 2. The van der Waals surface area contributed by atoms with Gasteiger partial charge in [-0.15, -0.1) is 0 Å². The Morgan fingerprint density at radius 2 is 1.70 bits per heavy atom. The first-order chi connectivity index (χ1) is 13.1. The second-order valence-electron chi connectivity index (χ2n) is 6.23. The Bertz CT molecular complexity index is 923. The molecule has 1 aromatic heterocycles. The van der Waals surface area contributed by atoms with E-state index in [2.05, 4.69) is 10.4 Å². The second kappa shape index (κ2) is 8.40. The van der Waals surface area contributed by atoms with E-state index in [9.17, 15) is 14.0 Å². The number of carbonyl (C=O) groups is 2. The van der Waals surface area contributed by atoms with Crippen LogP contribution in [0.5, 0.6) is 0 Å². The molecule has 0 aliphatic carbocycles. The zero-order valence-electron chi connectivity index (χ0n) is 14.9. The number of halogens is 1. The molecule has 3 rings (SSSR count). The third kappa shape index (κ3) is 4.47. The molecule has 0 radical (unpaired) electrons. The summed E-state index contributed by atoms with van der Waals surface area (Å²) in [5.74, 6) is -1.13. The number of alkyl halides is 1. The van der Waals surface area contributed by atoms with E-state index in [-0.39, 0.29) is 6.42 Å². The first kappa shape index (κ1) is 18.5. The van der Waals surface area contributed by atoms with Crippen LogP contribution in [-0.2, 0) is 11.2 Å². The molecule has 0 aliphatic heterocycles. The number of aromatic nitrogens is 2. The van der Waals surface area contributed by atoms with Crippen LogP contribution in [0.1, 0.15) is 21.7 Å². The number of rotatable bonds is 7. The van der Waals surface area contributed by atoms with E-state index in [1.54, 1.807) is 13.0 Å². The maximum absolute atomic E-state index is 13.0. The van der Waals surface area contributed by atoms with Crippen molar-refractivity contribution in [3.05, 3.63) is 83.7 Å². The molecule has 0 aliphatic rings. The molecule has 6 heteroatoms. The van der Waals surface area contributed by atoms with Crippen molar-refractivity contribution >= 4 is 11.7 Å². The summed E-state index contributed by atoms with van der Waals surface area (Å²) in [4.78, 5) is 24.9. The third-order valence-corrected chi connectivity index (χ3v) is 4.17. The standard InChI is InChI=1S/C21H20FN3O2/c1-15-12-19(25(24-15)17-10-6-3-7-11-17)21(27)23-18(20(26)14-22)13-16-8-4-2-5-9-16/h2-12,18H,13-14H2,1H3,(H,23,27)/t18-/m0/s1. The summed E-state index contributed by atoms with van der Waals surface area (Å²) < 4.78 is 14.5. The lowest BCUT2D eigenvalue weighted by Crippen LogP contribution is -2.43. The predicted octanol–water partition coefficient (Wildman–Crippen LogP) is 3.06. The highest BCUT2D eigenvalue weighted by molar-refractivity contribution is 5.97. The highest BCUT2D eigenvalue weighted by atomic mass is 19.1. The summed E-state index contributed by atoms with van der Waals surface area (Å²) in [5, 5.41) is 7.02. The average Bonchev–Trinajstić information content (AvgIpc) is 3.10. The van der Waals surface area contributed by atoms with Gasteiger partial charge in [-0.2, -0.15) is 5.10 Å². The van der Waals surface area contributed by atoms with Gasteiger partial charge in [0.15, 0.2) is 5.78 Å². The van der Waals surface area contributed by atoms with Crippen molar-refractivity contribution in [2.45, 2.75) is 19.4 Å². The van der Waals surface area contributed by atoms with Gasteiger partial charge >= 0.3 is 0 Å². The summed E-state index contributed by atoms with van der Waals surface area (Å²) in [7, 11) is 0. The molecule has 1 heterocycles. The van der Waals surface area contributed by atoms with Crippen LogP contribution in [0.2, 0.25) is 0 Å². The quantitative estimate of drug-likeness (QED) is 0.700. The van der Waals surface area contributed by atoms with Crippen LogP contribution in [0, 0.1) is 6.92 Å². The predicted molar refractivity (Wildman–Crippen MR) is 101 cm³/mol. The minimum absolute atomic E-state index is 0.230. The first-order valence-corrected chi connectivity index (χ1v) is 8.64. The normalized spacial score (nSPS) is 11.8. The Hall–Kier alpha value is -3.28. The molecular formula is C21H20FN3O2. The molecular weight excluding hydrogens is 345 g/mol. The van der Waals surface area contributed by atoms with Crippen LogP contribution in [0.3, 0.4) is 0 Å². The molecule has 2 aromatic carbocycles. The number of carbonyl (C=O) groups excluding carboxylic acids is 2. The maximum atomic E-state index is 13.0. The lowest BCUT2D eigenvalue weighted by molar-refractivity contribution is -0.121. The van der Waals surface area contributed by atoms with E-state index in [1.807, 2.05) is 60.7 Å². The van der Waals surface area contributed by atoms with Crippen LogP contribution in [0.25, 0.3) is 5.69 Å². The van der Waals surface area contributed by atoms with Crippen LogP contribution < -0.4 is 5.32 Å². The van der Waals surface area contributed by atoms with E-state index in [0.29, 0.717) is 11.4 Å². The third-order valence-electron chi connectivity index (χ3n) is 4.17. The zero-order valence-corrected chi connectivity index (χ0v) is 14.9. The number of nitrogens with one attached hydrogen (secondary N) is 1. The average molecular weight is 365 g/mol. The summed E-state index contributed by atoms with van der Waals surface area (Å²) in [6.07, 6.45) is 0.230. The second-order valence-corrected chi connectivity index (χ2v) is 6.23. The molecule has 0 spiro atoms. The van der Waals surface area contributed by atoms with Crippen LogP contribution in [0.15, 0.2) is 66.7 Å². The molecule has 5 nitrogen and oxygen atoms in total. The fourth-order valence-corrected chi connectivity index (χ4v) is 2.85. The van der Waals surface area contributed by atoms with Crippen LogP contribution in [-0.4, -0.2) is 34.2 Å². The molecule has 0 saturated carbocycles. The Morgan fingerprint density at radius 3 is 2.33 bits per heavy atom. The zero-order chi connectivity index (χ0) is 19.2. The van der Waals surface area contributed by atoms with E-state index in [4.69, 9.17) is 0 Å².